The number of nitrogens with one attached hydrogen (secondary N) is 1. The summed E-state index contributed by atoms with van der Waals surface area (Å²) >= 11 is 7.05. The lowest BCUT2D eigenvalue weighted by molar-refractivity contribution is -0.153. The molecule has 2 atom stereocenters. The smallest absolute Gasteiger partial charge is 0.352 e. The quantitative estimate of drug-likeness (QED) is 0.266. The van der Waals surface area contributed by atoms with Gasteiger partial charge in [0.25, 0.3) is 5.91 Å². The van der Waals surface area contributed by atoms with Crippen LogP contribution >= 0.6 is 35.7 Å². The molecule has 0 aliphatic carbocycles. The summed E-state index contributed by atoms with van der Waals surface area (Å²) in [5.41, 5.74) is 0.106. The second kappa shape index (κ2) is 7.56. The Balaban J connectivity index is 1.76. The van der Waals surface area contributed by atoms with Gasteiger partial charge in [-0.25, -0.2) is 4.79 Å². The number of thiophene rings is 1. The highest BCUT2D eigenvalue weighted by atomic mass is 32.2. The number of carboxylic acids is 1. The molecule has 2 N–H and O–H groups in total. The normalized spacial score (nSPS) is 24.1. The number of thiol groups is 1. The topological polar surface area (TPSA) is 113 Å². The molecule has 27 heavy (non-hydrogen) atoms. The number of amides is 2. The molecule has 0 spiro atoms. The van der Waals surface area contributed by atoms with Gasteiger partial charge >= 0.3 is 11.9 Å². The van der Waals surface area contributed by atoms with Gasteiger partial charge in [-0.2, -0.15) is 0 Å². The average molecular weight is 429 g/mol. The molecule has 1 aromatic heterocycles. The Labute approximate surface area is 168 Å². The van der Waals surface area contributed by atoms with E-state index in [2.05, 4.69) is 17.9 Å². The second-order valence-corrected chi connectivity index (χ2v) is 8.75. The molecule has 8 nitrogen and oxygen atoms in total. The van der Waals surface area contributed by atoms with E-state index < -0.39 is 28.1 Å². The summed E-state index contributed by atoms with van der Waals surface area (Å²) in [5.74, 6) is -2.59. The van der Waals surface area contributed by atoms with Crippen molar-refractivity contribution in [3.05, 3.63) is 33.7 Å². The van der Waals surface area contributed by atoms with Gasteiger partial charge in [-0.1, -0.05) is 6.07 Å². The monoisotopic (exact) mass is 428 g/mol. The Morgan fingerprint density at radius 1 is 1.48 bits per heavy atom. The molecule has 11 heteroatoms. The van der Waals surface area contributed by atoms with E-state index in [1.165, 1.54) is 30.0 Å². The first-order valence-corrected chi connectivity index (χ1v) is 10.2. The van der Waals surface area contributed by atoms with Crippen molar-refractivity contribution in [2.45, 2.75) is 23.6 Å². The molecule has 144 valence electrons. The van der Waals surface area contributed by atoms with Crippen LogP contribution in [0.5, 0.6) is 0 Å². The predicted octanol–water partition coefficient (Wildman–Crippen LogP) is 0.850. The molecule has 1 fully saturated rings. The van der Waals surface area contributed by atoms with Crippen molar-refractivity contribution >= 4 is 59.5 Å². The molecular weight excluding hydrogens is 412 g/mol. The van der Waals surface area contributed by atoms with Gasteiger partial charge in [0.15, 0.2) is 4.87 Å². The van der Waals surface area contributed by atoms with Crippen LogP contribution in [-0.2, 0) is 30.3 Å². The highest BCUT2D eigenvalue weighted by Crippen LogP contribution is 2.48. The van der Waals surface area contributed by atoms with Gasteiger partial charge in [0.2, 0.25) is 5.91 Å². The standard InChI is InChI=1S/C16H16N2O6S3/c1-8(19)24-6-9-7-27-15-16(25,14(23)18(15)12(9)13(21)22)17-11(20)5-10-3-2-4-26-10/h2-4,15,25H,5-7H2,1H3,(H,17,20)(H,21,22)/t15-,16-/m1/s1. The first-order chi connectivity index (χ1) is 12.7. The Morgan fingerprint density at radius 3 is 2.81 bits per heavy atom. The molecule has 0 bridgehead atoms. The highest BCUT2D eigenvalue weighted by Gasteiger charge is 2.63. The van der Waals surface area contributed by atoms with Crippen LogP contribution in [0, 0.1) is 0 Å². The average Bonchev–Trinajstić information content (AvgIpc) is 3.11. The SMILES string of the molecule is CC(=O)OCC1=C(C(=O)O)N2C(=O)[C@](S)(NC(=O)Cc3cccs3)[C@H]2SC1. The van der Waals surface area contributed by atoms with Gasteiger partial charge in [-0.3, -0.25) is 19.3 Å². The van der Waals surface area contributed by atoms with Gasteiger partial charge in [0, 0.05) is 23.1 Å². The van der Waals surface area contributed by atoms with Crippen LogP contribution in [0.1, 0.15) is 11.8 Å². The van der Waals surface area contributed by atoms with E-state index in [1.54, 1.807) is 0 Å². The third-order valence-corrected chi connectivity index (χ3v) is 7.02. The Morgan fingerprint density at radius 2 is 2.22 bits per heavy atom. The van der Waals surface area contributed by atoms with E-state index in [-0.39, 0.29) is 30.4 Å². The van der Waals surface area contributed by atoms with Crippen molar-refractivity contribution in [3.8, 4) is 0 Å². The molecule has 2 amide bonds. The minimum atomic E-state index is -1.48. The lowest BCUT2D eigenvalue weighted by Gasteiger charge is -2.54. The van der Waals surface area contributed by atoms with Crippen molar-refractivity contribution in [2.24, 2.45) is 0 Å². The molecule has 2 aliphatic rings. The van der Waals surface area contributed by atoms with Gasteiger partial charge in [0.1, 0.15) is 17.7 Å². The lowest BCUT2D eigenvalue weighted by Crippen LogP contribution is -2.77. The number of carboxylic acid groups (broad SMARTS) is 1. The molecule has 2 aliphatic heterocycles. The summed E-state index contributed by atoms with van der Waals surface area (Å²) in [4.78, 5) is 48.1. The summed E-state index contributed by atoms with van der Waals surface area (Å²) in [6, 6.07) is 3.64. The first kappa shape index (κ1) is 19.8. The third kappa shape index (κ3) is 3.71. The van der Waals surface area contributed by atoms with E-state index in [4.69, 9.17) is 4.74 Å². The third-order valence-electron chi connectivity index (χ3n) is 4.03. The molecular formula is C16H16N2O6S3. The highest BCUT2D eigenvalue weighted by molar-refractivity contribution is 8.01. The second-order valence-electron chi connectivity index (χ2n) is 5.95. The summed E-state index contributed by atoms with van der Waals surface area (Å²) in [6.45, 7) is 1.02. The number of ether oxygens (including phenoxy) is 1. The van der Waals surface area contributed by atoms with E-state index in [0.717, 1.165) is 9.78 Å². The molecule has 3 heterocycles. The number of esters is 1. The molecule has 3 rings (SSSR count). The molecule has 1 aromatic rings. The van der Waals surface area contributed by atoms with Crippen LogP contribution in [0.15, 0.2) is 28.8 Å². The number of fused-ring (bicyclic) bond motifs is 1. The number of nitrogens with zero attached hydrogens (tertiary/aromatic N) is 1. The lowest BCUT2D eigenvalue weighted by atomic mass is 10.0. The van der Waals surface area contributed by atoms with Crippen molar-refractivity contribution in [3.63, 3.8) is 0 Å². The van der Waals surface area contributed by atoms with Crippen LogP contribution in [-0.4, -0.2) is 56.4 Å². The van der Waals surface area contributed by atoms with Crippen molar-refractivity contribution in [1.29, 1.82) is 0 Å². The minimum Gasteiger partial charge on any atom is -0.477 e. The maximum atomic E-state index is 12.7. The van der Waals surface area contributed by atoms with E-state index in [0.29, 0.717) is 5.57 Å². The molecule has 0 unspecified atom stereocenters. The Bertz CT molecular complexity index is 837. The summed E-state index contributed by atoms with van der Waals surface area (Å²) in [7, 11) is 0. The zero-order chi connectivity index (χ0) is 19.8. The molecule has 1 saturated heterocycles. The fourth-order valence-corrected chi connectivity index (χ4v) is 5.45. The zero-order valence-corrected chi connectivity index (χ0v) is 16.7. The van der Waals surface area contributed by atoms with Gasteiger partial charge in [-0.15, -0.1) is 35.7 Å². The fourth-order valence-electron chi connectivity index (χ4n) is 2.85. The van der Waals surface area contributed by atoms with E-state index in [9.17, 15) is 24.3 Å². The van der Waals surface area contributed by atoms with Crippen molar-refractivity contribution in [2.75, 3.05) is 12.4 Å². The number of hydrogen-bond donors (Lipinski definition) is 3. The fraction of sp³-hybridized carbons (Fsp3) is 0.375. The van der Waals surface area contributed by atoms with Gasteiger partial charge in [-0.05, 0) is 11.4 Å². The largest absolute Gasteiger partial charge is 0.477 e. The molecule has 0 saturated carbocycles. The maximum Gasteiger partial charge on any atom is 0.352 e. The van der Waals surface area contributed by atoms with Crippen LogP contribution < -0.4 is 5.32 Å². The van der Waals surface area contributed by atoms with Crippen LogP contribution in [0.2, 0.25) is 0 Å². The molecule has 0 radical (unpaired) electrons. The van der Waals surface area contributed by atoms with E-state index >= 15 is 0 Å². The maximum absolute atomic E-state index is 12.7. The minimum absolute atomic E-state index is 0.115. The molecule has 0 aromatic carbocycles. The van der Waals surface area contributed by atoms with Crippen molar-refractivity contribution < 1.29 is 29.0 Å². The number of hydrogen-bond acceptors (Lipinski definition) is 8. The Kier molecular flexibility index (Phi) is 5.54. The number of carbonyl (C=O) groups is 4. The summed E-state index contributed by atoms with van der Waals surface area (Å²) in [6.07, 6.45) is 0.115. The number of rotatable bonds is 6. The van der Waals surface area contributed by atoms with Gasteiger partial charge < -0.3 is 15.2 Å². The number of carbonyl (C=O) groups excluding carboxylic acids is 3. The number of β-lactam (4-membered cyclic amide) rings is 1. The number of aliphatic carboxylic acids is 1. The van der Waals surface area contributed by atoms with Crippen LogP contribution in [0.25, 0.3) is 0 Å². The van der Waals surface area contributed by atoms with Crippen LogP contribution in [0.4, 0.5) is 0 Å². The van der Waals surface area contributed by atoms with Crippen LogP contribution in [0.3, 0.4) is 0 Å². The van der Waals surface area contributed by atoms with Crippen molar-refractivity contribution in [1.82, 2.24) is 10.2 Å². The van der Waals surface area contributed by atoms with E-state index in [1.807, 2.05) is 17.5 Å². The predicted molar refractivity (Wildman–Crippen MR) is 102 cm³/mol. The summed E-state index contributed by atoms with van der Waals surface area (Å²) < 4.78 is 4.88. The summed E-state index contributed by atoms with van der Waals surface area (Å²) in [5, 5.41) is 13.3. The van der Waals surface area contributed by atoms with Gasteiger partial charge in [0.05, 0.1) is 6.42 Å². The first-order valence-electron chi connectivity index (χ1n) is 7.83. The number of thioether (sulfide) groups is 1. The zero-order valence-electron chi connectivity index (χ0n) is 14.1. The Hall–Kier alpha value is -1.98.